The minimum Gasteiger partial charge on any atom is -0.382 e. The van der Waals surface area contributed by atoms with Gasteiger partial charge < -0.3 is 24.1 Å². The van der Waals surface area contributed by atoms with E-state index < -0.39 is 5.60 Å². The number of hydrogen-bond donors (Lipinski definition) is 1. The summed E-state index contributed by atoms with van der Waals surface area (Å²) in [6, 6.07) is 20.0. The van der Waals surface area contributed by atoms with E-state index in [1.54, 1.807) is 7.11 Å². The highest BCUT2D eigenvalue weighted by Gasteiger charge is 2.44. The predicted octanol–water partition coefficient (Wildman–Crippen LogP) is 3.79. The van der Waals surface area contributed by atoms with Gasteiger partial charge in [-0.3, -0.25) is 0 Å². The van der Waals surface area contributed by atoms with Gasteiger partial charge in [-0.05, 0) is 36.3 Å². The van der Waals surface area contributed by atoms with E-state index in [2.05, 4.69) is 0 Å². The molecule has 2 atom stereocenters. The van der Waals surface area contributed by atoms with Crippen LogP contribution in [0.25, 0.3) is 0 Å². The third-order valence-corrected chi connectivity index (χ3v) is 5.79. The van der Waals surface area contributed by atoms with Crippen LogP contribution in [-0.4, -0.2) is 58.0 Å². The smallest absolute Gasteiger partial charge is 0.117 e. The Labute approximate surface area is 179 Å². The average Bonchev–Trinajstić information content (AvgIpc) is 3.28. The lowest BCUT2D eigenvalue weighted by Crippen LogP contribution is -2.35. The van der Waals surface area contributed by atoms with Crippen molar-refractivity contribution in [1.82, 2.24) is 0 Å². The normalized spacial score (nSPS) is 19.3. The number of rotatable bonds is 13. The fourth-order valence-electron chi connectivity index (χ4n) is 4.23. The standard InChI is InChI=1S/C25H34O5/c1-27-14-15-28-16-17-29-18-19-30-24-13-12-23(20-24)25(26,21-8-4-2-5-9-21)22-10-6-3-7-11-22/h2-11,23-24,26H,12-20H2,1H3/t23-,24-/m0/s1. The Morgan fingerprint density at radius 2 is 1.30 bits per heavy atom. The molecule has 0 aliphatic heterocycles. The predicted molar refractivity (Wildman–Crippen MR) is 116 cm³/mol. The van der Waals surface area contributed by atoms with Crippen LogP contribution in [0, 0.1) is 5.92 Å². The van der Waals surface area contributed by atoms with Crippen LogP contribution < -0.4 is 0 Å². The van der Waals surface area contributed by atoms with Gasteiger partial charge in [0.05, 0.1) is 45.7 Å². The fourth-order valence-corrected chi connectivity index (χ4v) is 4.23. The lowest BCUT2D eigenvalue weighted by atomic mass is 9.75. The summed E-state index contributed by atoms with van der Waals surface area (Å²) in [7, 11) is 1.66. The van der Waals surface area contributed by atoms with Crippen molar-refractivity contribution in [2.45, 2.75) is 31.0 Å². The van der Waals surface area contributed by atoms with Gasteiger partial charge in [-0.15, -0.1) is 0 Å². The van der Waals surface area contributed by atoms with Crippen molar-refractivity contribution < 1.29 is 24.1 Å². The first-order chi connectivity index (χ1) is 14.7. The van der Waals surface area contributed by atoms with Gasteiger partial charge >= 0.3 is 0 Å². The molecule has 0 unspecified atom stereocenters. The minimum atomic E-state index is -1.00. The number of aliphatic hydroxyl groups is 1. The summed E-state index contributed by atoms with van der Waals surface area (Å²) in [4.78, 5) is 0. The molecule has 0 aromatic heterocycles. The molecular weight excluding hydrogens is 380 g/mol. The summed E-state index contributed by atoms with van der Waals surface area (Å²) in [5.74, 6) is 0.113. The quantitative estimate of drug-likeness (QED) is 0.506. The molecule has 1 fully saturated rings. The SMILES string of the molecule is COCCOCCOCCO[C@H]1CC[C@H](C(O)(c2ccccc2)c2ccccc2)C1. The first kappa shape index (κ1) is 22.9. The monoisotopic (exact) mass is 414 g/mol. The summed E-state index contributed by atoms with van der Waals surface area (Å²) in [5, 5.41) is 11.9. The lowest BCUT2D eigenvalue weighted by Gasteiger charge is -2.35. The van der Waals surface area contributed by atoms with Gasteiger partial charge in [0.25, 0.3) is 0 Å². The van der Waals surface area contributed by atoms with Crippen LogP contribution in [0.2, 0.25) is 0 Å². The fraction of sp³-hybridized carbons (Fsp3) is 0.520. The molecule has 0 saturated heterocycles. The highest BCUT2D eigenvalue weighted by Crippen LogP contribution is 2.45. The second-order valence-corrected chi connectivity index (χ2v) is 7.72. The Kier molecular flexibility index (Phi) is 9.30. The van der Waals surface area contributed by atoms with E-state index in [4.69, 9.17) is 18.9 Å². The average molecular weight is 415 g/mol. The Hall–Kier alpha value is -1.76. The van der Waals surface area contributed by atoms with E-state index in [1.165, 1.54) is 0 Å². The Morgan fingerprint density at radius 1 is 0.767 bits per heavy atom. The van der Waals surface area contributed by atoms with E-state index in [1.807, 2.05) is 60.7 Å². The van der Waals surface area contributed by atoms with Gasteiger partial charge in [0.2, 0.25) is 0 Å². The van der Waals surface area contributed by atoms with Crippen LogP contribution in [0.4, 0.5) is 0 Å². The second kappa shape index (κ2) is 12.2. The molecule has 1 aliphatic carbocycles. The molecule has 5 heteroatoms. The third-order valence-electron chi connectivity index (χ3n) is 5.79. The zero-order valence-electron chi connectivity index (χ0n) is 17.9. The number of benzene rings is 2. The summed E-state index contributed by atoms with van der Waals surface area (Å²) >= 11 is 0. The topological polar surface area (TPSA) is 57.2 Å². The van der Waals surface area contributed by atoms with Crippen molar-refractivity contribution in [2.75, 3.05) is 46.8 Å². The van der Waals surface area contributed by atoms with Crippen molar-refractivity contribution in [3.8, 4) is 0 Å². The van der Waals surface area contributed by atoms with E-state index in [0.29, 0.717) is 39.6 Å². The van der Waals surface area contributed by atoms with Crippen LogP contribution in [0.5, 0.6) is 0 Å². The molecule has 1 N–H and O–H groups in total. The second-order valence-electron chi connectivity index (χ2n) is 7.72. The van der Waals surface area contributed by atoms with Gasteiger partial charge in [-0.2, -0.15) is 0 Å². The first-order valence-electron chi connectivity index (χ1n) is 10.8. The zero-order chi connectivity index (χ0) is 21.1. The van der Waals surface area contributed by atoms with Gasteiger partial charge in [0.15, 0.2) is 0 Å². The highest BCUT2D eigenvalue weighted by atomic mass is 16.6. The summed E-state index contributed by atoms with van der Waals surface area (Å²) in [6.45, 7) is 3.43. The van der Waals surface area contributed by atoms with E-state index in [9.17, 15) is 5.11 Å². The molecule has 0 spiro atoms. The van der Waals surface area contributed by atoms with Gasteiger partial charge in [-0.25, -0.2) is 0 Å². The van der Waals surface area contributed by atoms with Crippen LogP contribution in [0.15, 0.2) is 60.7 Å². The molecule has 2 aromatic rings. The number of methoxy groups -OCH3 is 1. The zero-order valence-corrected chi connectivity index (χ0v) is 17.9. The molecule has 1 saturated carbocycles. The number of hydrogen-bond acceptors (Lipinski definition) is 5. The maximum Gasteiger partial charge on any atom is 0.117 e. The molecule has 0 radical (unpaired) electrons. The summed E-state index contributed by atoms with van der Waals surface area (Å²) in [5.41, 5.74) is 0.883. The van der Waals surface area contributed by atoms with E-state index in [0.717, 1.165) is 30.4 Å². The number of ether oxygens (including phenoxy) is 4. The molecular formula is C25H34O5. The Balaban J connectivity index is 1.49. The van der Waals surface area contributed by atoms with Crippen molar-refractivity contribution in [2.24, 2.45) is 5.92 Å². The van der Waals surface area contributed by atoms with Gasteiger partial charge in [0, 0.05) is 7.11 Å². The molecule has 3 rings (SSSR count). The van der Waals surface area contributed by atoms with Crippen molar-refractivity contribution in [1.29, 1.82) is 0 Å². The van der Waals surface area contributed by atoms with Crippen LogP contribution in [0.3, 0.4) is 0 Å². The molecule has 1 aliphatic rings. The molecule has 30 heavy (non-hydrogen) atoms. The summed E-state index contributed by atoms with van der Waals surface area (Å²) in [6.07, 6.45) is 2.86. The van der Waals surface area contributed by atoms with Crippen LogP contribution in [0.1, 0.15) is 30.4 Å². The molecule has 0 amide bonds. The van der Waals surface area contributed by atoms with Crippen molar-refractivity contribution >= 4 is 0 Å². The van der Waals surface area contributed by atoms with Crippen molar-refractivity contribution in [3.05, 3.63) is 71.8 Å². The van der Waals surface area contributed by atoms with Crippen LogP contribution in [-0.2, 0) is 24.5 Å². The van der Waals surface area contributed by atoms with Crippen molar-refractivity contribution in [3.63, 3.8) is 0 Å². The third kappa shape index (κ3) is 6.13. The molecule has 0 bridgehead atoms. The first-order valence-corrected chi connectivity index (χ1v) is 10.8. The Bertz CT molecular complexity index is 666. The largest absolute Gasteiger partial charge is 0.382 e. The maximum atomic E-state index is 11.9. The summed E-state index contributed by atoms with van der Waals surface area (Å²) < 4.78 is 21.9. The molecule has 5 nitrogen and oxygen atoms in total. The minimum absolute atomic E-state index is 0.113. The molecule has 2 aromatic carbocycles. The van der Waals surface area contributed by atoms with Gasteiger partial charge in [-0.1, -0.05) is 60.7 Å². The Morgan fingerprint density at radius 3 is 1.87 bits per heavy atom. The van der Waals surface area contributed by atoms with Gasteiger partial charge in [0.1, 0.15) is 5.60 Å². The van der Waals surface area contributed by atoms with E-state index >= 15 is 0 Å². The van der Waals surface area contributed by atoms with Crippen LogP contribution >= 0.6 is 0 Å². The molecule has 0 heterocycles. The maximum absolute atomic E-state index is 11.9. The molecule has 164 valence electrons. The van der Waals surface area contributed by atoms with E-state index in [-0.39, 0.29) is 12.0 Å². The lowest BCUT2D eigenvalue weighted by molar-refractivity contribution is -0.0237. The highest BCUT2D eigenvalue weighted by molar-refractivity contribution is 5.37.